The fourth-order valence-electron chi connectivity index (χ4n) is 2.08. The second-order valence-corrected chi connectivity index (χ2v) is 3.82. The summed E-state index contributed by atoms with van der Waals surface area (Å²) in [6.45, 7) is 0. The summed E-state index contributed by atoms with van der Waals surface area (Å²) >= 11 is 0. The molecule has 2 nitrogen and oxygen atoms in total. The summed E-state index contributed by atoms with van der Waals surface area (Å²) in [5.41, 5.74) is 1.24. The summed E-state index contributed by atoms with van der Waals surface area (Å²) in [5.74, 6) is 0.462. The van der Waals surface area contributed by atoms with Crippen LogP contribution in [0.1, 0.15) is 24.8 Å². The van der Waals surface area contributed by atoms with Crippen molar-refractivity contribution in [3.05, 3.63) is 30.1 Å². The average molecular weight is 177 g/mol. The normalized spacial score (nSPS) is 27.8. The van der Waals surface area contributed by atoms with Gasteiger partial charge >= 0.3 is 0 Å². The first kappa shape index (κ1) is 8.70. The van der Waals surface area contributed by atoms with Crippen LogP contribution in [-0.2, 0) is 6.42 Å². The molecule has 0 aliphatic heterocycles. The number of rotatable bonds is 2. The first-order valence-electron chi connectivity index (χ1n) is 4.93. The van der Waals surface area contributed by atoms with E-state index in [0.29, 0.717) is 5.92 Å². The predicted octanol–water partition coefficient (Wildman–Crippen LogP) is 1.79. The molecule has 2 rings (SSSR count). The minimum absolute atomic E-state index is 0.0831. The maximum atomic E-state index is 9.63. The molecule has 1 heterocycles. The molecule has 1 fully saturated rings. The number of aliphatic hydroxyl groups is 1. The summed E-state index contributed by atoms with van der Waals surface area (Å²) in [7, 11) is 0. The molecule has 0 amide bonds. The highest BCUT2D eigenvalue weighted by atomic mass is 16.3. The predicted molar refractivity (Wildman–Crippen MR) is 51.3 cm³/mol. The van der Waals surface area contributed by atoms with Gasteiger partial charge < -0.3 is 5.11 Å². The lowest BCUT2D eigenvalue weighted by Crippen LogP contribution is -2.15. The van der Waals surface area contributed by atoms with Crippen molar-refractivity contribution in [3.63, 3.8) is 0 Å². The van der Waals surface area contributed by atoms with Gasteiger partial charge in [-0.25, -0.2) is 0 Å². The Morgan fingerprint density at radius 2 is 2.38 bits per heavy atom. The molecule has 1 aliphatic carbocycles. The summed E-state index contributed by atoms with van der Waals surface area (Å²) in [5, 5.41) is 9.63. The van der Waals surface area contributed by atoms with E-state index < -0.39 is 0 Å². The van der Waals surface area contributed by atoms with Crippen molar-refractivity contribution in [2.24, 2.45) is 5.92 Å². The Morgan fingerprint density at radius 1 is 1.46 bits per heavy atom. The molecule has 1 N–H and O–H groups in total. The Hall–Kier alpha value is -0.890. The van der Waals surface area contributed by atoms with Gasteiger partial charge in [0.15, 0.2) is 0 Å². The Morgan fingerprint density at radius 3 is 3.00 bits per heavy atom. The van der Waals surface area contributed by atoms with Crippen LogP contribution in [0, 0.1) is 5.92 Å². The van der Waals surface area contributed by atoms with Gasteiger partial charge in [0.2, 0.25) is 0 Å². The summed E-state index contributed by atoms with van der Waals surface area (Å²) in [6, 6.07) is 4.04. The molecule has 2 heteroatoms. The Bertz CT molecular complexity index is 260. The van der Waals surface area contributed by atoms with Crippen LogP contribution in [0.15, 0.2) is 24.5 Å². The van der Waals surface area contributed by atoms with E-state index in [1.807, 2.05) is 12.3 Å². The number of pyridine rings is 1. The fourth-order valence-corrected chi connectivity index (χ4v) is 2.08. The van der Waals surface area contributed by atoms with Gasteiger partial charge in [0.1, 0.15) is 0 Å². The molecule has 1 saturated carbocycles. The minimum Gasteiger partial charge on any atom is -0.393 e. The Labute approximate surface area is 78.6 Å². The van der Waals surface area contributed by atoms with Gasteiger partial charge in [-0.05, 0) is 36.8 Å². The van der Waals surface area contributed by atoms with E-state index in [2.05, 4.69) is 11.1 Å². The Balaban J connectivity index is 1.98. The zero-order valence-corrected chi connectivity index (χ0v) is 7.69. The first-order chi connectivity index (χ1) is 6.36. The van der Waals surface area contributed by atoms with Gasteiger partial charge in [-0.15, -0.1) is 0 Å². The fraction of sp³-hybridized carbons (Fsp3) is 0.545. The van der Waals surface area contributed by atoms with Gasteiger partial charge in [-0.1, -0.05) is 12.5 Å². The third kappa shape index (κ3) is 2.07. The molecule has 0 aromatic carbocycles. The standard InChI is InChI=1S/C11H15NO/c13-11-5-1-4-10(11)7-9-3-2-6-12-8-9/h2-3,6,8,10-11,13H,1,4-5,7H2/t10-,11+/m0/s1. The van der Waals surface area contributed by atoms with Gasteiger partial charge in [0, 0.05) is 12.4 Å². The van der Waals surface area contributed by atoms with Crippen LogP contribution in [0.5, 0.6) is 0 Å². The lowest BCUT2D eigenvalue weighted by Gasteiger charge is -2.13. The van der Waals surface area contributed by atoms with Crippen molar-refractivity contribution in [1.29, 1.82) is 0 Å². The van der Waals surface area contributed by atoms with E-state index in [4.69, 9.17) is 0 Å². The largest absolute Gasteiger partial charge is 0.393 e. The second kappa shape index (κ2) is 3.88. The number of nitrogens with zero attached hydrogens (tertiary/aromatic N) is 1. The SMILES string of the molecule is O[C@@H]1CCC[C@H]1Cc1cccnc1. The van der Waals surface area contributed by atoms with Gasteiger partial charge in [-0.2, -0.15) is 0 Å². The van der Waals surface area contributed by atoms with E-state index in [0.717, 1.165) is 19.3 Å². The van der Waals surface area contributed by atoms with Crippen molar-refractivity contribution in [3.8, 4) is 0 Å². The van der Waals surface area contributed by atoms with Crippen molar-refractivity contribution in [2.75, 3.05) is 0 Å². The highest BCUT2D eigenvalue weighted by Crippen LogP contribution is 2.28. The van der Waals surface area contributed by atoms with Crippen LogP contribution in [-0.4, -0.2) is 16.2 Å². The van der Waals surface area contributed by atoms with Crippen LogP contribution in [0.25, 0.3) is 0 Å². The van der Waals surface area contributed by atoms with Crippen LogP contribution in [0.3, 0.4) is 0 Å². The molecular weight excluding hydrogens is 162 g/mol. The molecule has 0 radical (unpaired) electrons. The zero-order chi connectivity index (χ0) is 9.10. The topological polar surface area (TPSA) is 33.1 Å². The smallest absolute Gasteiger partial charge is 0.0571 e. The third-order valence-corrected chi connectivity index (χ3v) is 2.84. The van der Waals surface area contributed by atoms with Crippen molar-refractivity contribution < 1.29 is 5.11 Å². The van der Waals surface area contributed by atoms with E-state index >= 15 is 0 Å². The number of aromatic nitrogens is 1. The summed E-state index contributed by atoms with van der Waals surface area (Å²) < 4.78 is 0. The molecule has 0 unspecified atom stereocenters. The molecule has 0 spiro atoms. The second-order valence-electron chi connectivity index (χ2n) is 3.82. The number of aliphatic hydroxyl groups excluding tert-OH is 1. The molecule has 1 aromatic heterocycles. The average Bonchev–Trinajstić information content (AvgIpc) is 2.54. The summed E-state index contributed by atoms with van der Waals surface area (Å²) in [6.07, 6.45) is 7.89. The monoisotopic (exact) mass is 177 g/mol. The van der Waals surface area contributed by atoms with Gasteiger partial charge in [0.05, 0.1) is 6.10 Å². The van der Waals surface area contributed by atoms with E-state index in [-0.39, 0.29) is 6.10 Å². The van der Waals surface area contributed by atoms with Gasteiger partial charge in [0.25, 0.3) is 0 Å². The molecule has 1 aromatic rings. The van der Waals surface area contributed by atoms with Crippen LogP contribution in [0.2, 0.25) is 0 Å². The van der Waals surface area contributed by atoms with Crippen molar-refractivity contribution in [2.45, 2.75) is 31.8 Å². The van der Waals surface area contributed by atoms with E-state index in [1.54, 1.807) is 6.20 Å². The molecule has 2 atom stereocenters. The zero-order valence-electron chi connectivity index (χ0n) is 7.69. The highest BCUT2D eigenvalue weighted by molar-refractivity contribution is 5.10. The van der Waals surface area contributed by atoms with Crippen LogP contribution >= 0.6 is 0 Å². The molecule has 1 aliphatic rings. The minimum atomic E-state index is -0.0831. The van der Waals surface area contributed by atoms with Crippen molar-refractivity contribution in [1.82, 2.24) is 4.98 Å². The van der Waals surface area contributed by atoms with Crippen LogP contribution < -0.4 is 0 Å². The first-order valence-corrected chi connectivity index (χ1v) is 4.93. The maximum absolute atomic E-state index is 9.63. The molecule has 13 heavy (non-hydrogen) atoms. The summed E-state index contributed by atoms with van der Waals surface area (Å²) in [4.78, 5) is 4.07. The number of hydrogen-bond donors (Lipinski definition) is 1. The van der Waals surface area contributed by atoms with Gasteiger partial charge in [-0.3, -0.25) is 4.98 Å². The van der Waals surface area contributed by atoms with Crippen molar-refractivity contribution >= 4 is 0 Å². The maximum Gasteiger partial charge on any atom is 0.0571 e. The molecule has 70 valence electrons. The van der Waals surface area contributed by atoms with E-state index in [1.165, 1.54) is 12.0 Å². The lowest BCUT2D eigenvalue weighted by molar-refractivity contribution is 0.132. The quantitative estimate of drug-likeness (QED) is 0.747. The third-order valence-electron chi connectivity index (χ3n) is 2.84. The molecule has 0 saturated heterocycles. The number of hydrogen-bond acceptors (Lipinski definition) is 2. The van der Waals surface area contributed by atoms with E-state index in [9.17, 15) is 5.11 Å². The molecule has 0 bridgehead atoms. The Kier molecular flexibility index (Phi) is 2.60. The lowest BCUT2D eigenvalue weighted by atomic mass is 9.97. The van der Waals surface area contributed by atoms with Crippen LogP contribution in [0.4, 0.5) is 0 Å². The highest BCUT2D eigenvalue weighted by Gasteiger charge is 2.24. The molecular formula is C11H15NO.